The molecule has 0 aliphatic rings. The number of benzene rings is 1. The van der Waals surface area contributed by atoms with Gasteiger partial charge in [-0.15, -0.1) is 11.8 Å². The van der Waals surface area contributed by atoms with Gasteiger partial charge in [-0.2, -0.15) is 0 Å². The standard InChI is InChI=1S/C15H21NO3S/c1-3-19-14(17)9-10-16-15(18)12(2)20-11-13-7-5-4-6-8-13/h4-8,12H,3,9-11H2,1-2H3,(H,16,18)/t12-/m1/s1. The van der Waals surface area contributed by atoms with Crippen LogP contribution in [0.25, 0.3) is 0 Å². The van der Waals surface area contributed by atoms with E-state index in [1.54, 1.807) is 18.7 Å². The minimum atomic E-state index is -0.280. The topological polar surface area (TPSA) is 55.4 Å². The molecule has 0 radical (unpaired) electrons. The molecular formula is C15H21NO3S. The van der Waals surface area contributed by atoms with Crippen molar-refractivity contribution in [3.05, 3.63) is 35.9 Å². The van der Waals surface area contributed by atoms with E-state index >= 15 is 0 Å². The van der Waals surface area contributed by atoms with Gasteiger partial charge in [0.25, 0.3) is 0 Å². The van der Waals surface area contributed by atoms with Crippen LogP contribution in [-0.2, 0) is 20.1 Å². The van der Waals surface area contributed by atoms with E-state index in [0.717, 1.165) is 5.75 Å². The predicted molar refractivity (Wildman–Crippen MR) is 81.5 cm³/mol. The van der Waals surface area contributed by atoms with Gasteiger partial charge in [-0.25, -0.2) is 0 Å². The second-order valence-corrected chi connectivity index (χ2v) is 5.61. The number of hydrogen-bond acceptors (Lipinski definition) is 4. The van der Waals surface area contributed by atoms with Crippen LogP contribution in [0, 0.1) is 0 Å². The fourth-order valence-electron chi connectivity index (χ4n) is 1.54. The maximum atomic E-state index is 11.8. The highest BCUT2D eigenvalue weighted by molar-refractivity contribution is 7.99. The van der Waals surface area contributed by atoms with Crippen LogP contribution in [0.2, 0.25) is 0 Å². The molecule has 5 heteroatoms. The summed E-state index contributed by atoms with van der Waals surface area (Å²) >= 11 is 1.58. The molecule has 0 aliphatic carbocycles. The van der Waals surface area contributed by atoms with Gasteiger partial charge in [0.15, 0.2) is 0 Å². The summed E-state index contributed by atoms with van der Waals surface area (Å²) in [6.07, 6.45) is 0.218. The van der Waals surface area contributed by atoms with E-state index in [2.05, 4.69) is 5.32 Å². The summed E-state index contributed by atoms with van der Waals surface area (Å²) in [7, 11) is 0. The van der Waals surface area contributed by atoms with Crippen molar-refractivity contribution in [3.8, 4) is 0 Å². The average Bonchev–Trinajstić information content (AvgIpc) is 2.46. The summed E-state index contributed by atoms with van der Waals surface area (Å²) in [5, 5.41) is 2.61. The lowest BCUT2D eigenvalue weighted by molar-refractivity contribution is -0.143. The largest absolute Gasteiger partial charge is 0.466 e. The molecule has 1 aromatic carbocycles. The highest BCUT2D eigenvalue weighted by Gasteiger charge is 2.13. The van der Waals surface area contributed by atoms with Crippen LogP contribution in [0.4, 0.5) is 0 Å². The van der Waals surface area contributed by atoms with Crippen LogP contribution in [0.1, 0.15) is 25.8 Å². The predicted octanol–water partition coefficient (Wildman–Crippen LogP) is 2.38. The Morgan fingerprint density at radius 2 is 2.00 bits per heavy atom. The van der Waals surface area contributed by atoms with Gasteiger partial charge >= 0.3 is 5.97 Å². The van der Waals surface area contributed by atoms with E-state index in [0.29, 0.717) is 13.2 Å². The summed E-state index contributed by atoms with van der Waals surface area (Å²) < 4.78 is 4.79. The Balaban J connectivity index is 2.21. The maximum Gasteiger partial charge on any atom is 0.307 e. The van der Waals surface area contributed by atoms with Gasteiger partial charge in [-0.3, -0.25) is 9.59 Å². The minimum Gasteiger partial charge on any atom is -0.466 e. The Morgan fingerprint density at radius 1 is 1.30 bits per heavy atom. The van der Waals surface area contributed by atoms with Crippen LogP contribution < -0.4 is 5.32 Å². The number of hydrogen-bond donors (Lipinski definition) is 1. The number of carbonyl (C=O) groups excluding carboxylic acids is 2. The van der Waals surface area contributed by atoms with Gasteiger partial charge in [0.1, 0.15) is 0 Å². The van der Waals surface area contributed by atoms with Crippen molar-refractivity contribution in [1.29, 1.82) is 0 Å². The number of thioether (sulfide) groups is 1. The number of amides is 1. The molecule has 0 unspecified atom stereocenters. The fourth-order valence-corrected chi connectivity index (χ4v) is 2.41. The third-order valence-corrected chi connectivity index (χ3v) is 3.86. The third kappa shape index (κ3) is 6.61. The number of carbonyl (C=O) groups is 2. The number of esters is 1. The fraction of sp³-hybridized carbons (Fsp3) is 0.467. The lowest BCUT2D eigenvalue weighted by Gasteiger charge is -2.11. The smallest absolute Gasteiger partial charge is 0.307 e. The van der Waals surface area contributed by atoms with Gasteiger partial charge < -0.3 is 10.1 Å². The molecule has 0 saturated carbocycles. The average molecular weight is 295 g/mol. The lowest BCUT2D eigenvalue weighted by Crippen LogP contribution is -2.32. The molecule has 0 saturated heterocycles. The molecule has 1 atom stereocenters. The Hall–Kier alpha value is -1.49. The Labute approximate surface area is 124 Å². The monoisotopic (exact) mass is 295 g/mol. The number of rotatable bonds is 8. The summed E-state index contributed by atoms with van der Waals surface area (Å²) in [4.78, 5) is 22.9. The molecule has 110 valence electrons. The second-order valence-electron chi connectivity index (χ2n) is 4.28. The Morgan fingerprint density at radius 3 is 2.65 bits per heavy atom. The van der Waals surface area contributed by atoms with E-state index in [4.69, 9.17) is 4.74 Å². The minimum absolute atomic E-state index is 0.0461. The van der Waals surface area contributed by atoms with Crippen molar-refractivity contribution < 1.29 is 14.3 Å². The van der Waals surface area contributed by atoms with Crippen LogP contribution in [-0.4, -0.2) is 30.3 Å². The summed E-state index contributed by atoms with van der Waals surface area (Å²) in [5.74, 6) is 0.473. The molecule has 0 aliphatic heterocycles. The number of ether oxygens (including phenoxy) is 1. The third-order valence-electron chi connectivity index (χ3n) is 2.65. The highest BCUT2D eigenvalue weighted by atomic mass is 32.2. The number of nitrogens with one attached hydrogen (secondary N) is 1. The zero-order valence-electron chi connectivity index (χ0n) is 11.9. The Bertz CT molecular complexity index is 422. The molecule has 4 nitrogen and oxygen atoms in total. The van der Waals surface area contributed by atoms with Crippen molar-refractivity contribution >= 4 is 23.6 Å². The second kappa shape index (κ2) is 9.42. The zero-order valence-corrected chi connectivity index (χ0v) is 12.7. The van der Waals surface area contributed by atoms with Gasteiger partial charge in [-0.1, -0.05) is 30.3 Å². The van der Waals surface area contributed by atoms with Crippen molar-refractivity contribution in [1.82, 2.24) is 5.32 Å². The normalized spacial score (nSPS) is 11.7. The van der Waals surface area contributed by atoms with Gasteiger partial charge in [-0.05, 0) is 19.4 Å². The van der Waals surface area contributed by atoms with Gasteiger partial charge in [0.2, 0.25) is 5.91 Å². The van der Waals surface area contributed by atoms with Crippen LogP contribution in [0.3, 0.4) is 0 Å². The van der Waals surface area contributed by atoms with E-state index in [-0.39, 0.29) is 23.5 Å². The molecule has 1 aromatic rings. The molecule has 1 N–H and O–H groups in total. The van der Waals surface area contributed by atoms with E-state index in [1.807, 2.05) is 37.3 Å². The maximum absolute atomic E-state index is 11.8. The molecule has 0 spiro atoms. The Kier molecular flexibility index (Phi) is 7.80. The van der Waals surface area contributed by atoms with E-state index in [9.17, 15) is 9.59 Å². The molecule has 0 bridgehead atoms. The first-order valence-electron chi connectivity index (χ1n) is 6.72. The first kappa shape index (κ1) is 16.6. The summed E-state index contributed by atoms with van der Waals surface area (Å²) in [6.45, 7) is 4.33. The van der Waals surface area contributed by atoms with Crippen LogP contribution >= 0.6 is 11.8 Å². The molecule has 0 heterocycles. The SMILES string of the molecule is CCOC(=O)CCNC(=O)[C@@H](C)SCc1ccccc1. The zero-order chi connectivity index (χ0) is 14.8. The van der Waals surface area contributed by atoms with Crippen molar-refractivity contribution in [2.24, 2.45) is 0 Å². The van der Waals surface area contributed by atoms with Gasteiger partial charge in [0, 0.05) is 12.3 Å². The van der Waals surface area contributed by atoms with Crippen LogP contribution in [0.15, 0.2) is 30.3 Å². The van der Waals surface area contributed by atoms with Crippen LogP contribution in [0.5, 0.6) is 0 Å². The van der Waals surface area contributed by atoms with Gasteiger partial charge in [0.05, 0.1) is 18.3 Å². The molecule has 20 heavy (non-hydrogen) atoms. The summed E-state index contributed by atoms with van der Waals surface area (Å²) in [6, 6.07) is 10.0. The van der Waals surface area contributed by atoms with Crippen molar-refractivity contribution in [2.45, 2.75) is 31.3 Å². The van der Waals surface area contributed by atoms with Crippen molar-refractivity contribution in [2.75, 3.05) is 13.2 Å². The molecule has 1 rings (SSSR count). The summed E-state index contributed by atoms with van der Waals surface area (Å²) in [5.41, 5.74) is 1.20. The molecule has 1 amide bonds. The first-order chi connectivity index (χ1) is 9.63. The first-order valence-corrected chi connectivity index (χ1v) is 7.77. The van der Waals surface area contributed by atoms with E-state index < -0.39 is 0 Å². The molecule has 0 aromatic heterocycles. The van der Waals surface area contributed by atoms with Crippen molar-refractivity contribution in [3.63, 3.8) is 0 Å². The lowest BCUT2D eigenvalue weighted by atomic mass is 10.2. The highest BCUT2D eigenvalue weighted by Crippen LogP contribution is 2.17. The molecule has 0 fully saturated rings. The molecular weight excluding hydrogens is 274 g/mol. The van der Waals surface area contributed by atoms with E-state index in [1.165, 1.54) is 5.56 Å². The quantitative estimate of drug-likeness (QED) is 0.748.